The van der Waals surface area contributed by atoms with E-state index in [4.69, 9.17) is 16.5 Å². The van der Waals surface area contributed by atoms with Crippen LogP contribution in [0.5, 0.6) is 5.75 Å². The summed E-state index contributed by atoms with van der Waals surface area (Å²) in [6.45, 7) is 40.4. The third-order valence-corrected chi connectivity index (χ3v) is 14.5. The van der Waals surface area contributed by atoms with E-state index in [1.807, 2.05) is 18.3 Å². The second-order valence-corrected chi connectivity index (χ2v) is 25.4. The SMILES string of the molecule is [C-]#[N+]c1ccc(-c2ccc(-c3ccnc(-c4[c-]c(-c5cccc6c5nc(-c5cc(C(C)(C)C)cc(C(C)(C)C)c5O)n6-c5ccc(C(C)(C)C)cc5-c5ccccc5)cc(C(C)(C)C)c4)c3)c(C(C)(C)C)c2)c(F)c1.[Pt]. The molecule has 0 atom stereocenters. The second kappa shape index (κ2) is 20.2. The summed E-state index contributed by atoms with van der Waals surface area (Å²) >= 11 is 0. The monoisotopic (exact) mass is 1180 g/mol. The summed E-state index contributed by atoms with van der Waals surface area (Å²) in [5.41, 5.74) is 16.6. The van der Waals surface area contributed by atoms with Crippen LogP contribution in [-0.4, -0.2) is 19.6 Å². The minimum absolute atomic E-state index is 0. The zero-order valence-corrected chi connectivity index (χ0v) is 49.1. The van der Waals surface area contributed by atoms with E-state index in [1.54, 1.807) is 12.1 Å². The van der Waals surface area contributed by atoms with E-state index in [-0.39, 0.29) is 59.6 Å². The third kappa shape index (κ3) is 10.9. The topological polar surface area (TPSA) is 55.3 Å². The normalized spacial score (nSPS) is 12.4. The molecule has 0 aliphatic carbocycles. The van der Waals surface area contributed by atoms with Gasteiger partial charge in [-0.25, -0.2) is 14.2 Å². The fourth-order valence-electron chi connectivity index (χ4n) is 10.0. The molecule has 0 aliphatic heterocycles. The molecule has 0 fully saturated rings. The van der Waals surface area contributed by atoms with Gasteiger partial charge in [0, 0.05) is 49.6 Å². The van der Waals surface area contributed by atoms with Crippen LogP contribution in [-0.2, 0) is 48.1 Å². The fourth-order valence-corrected chi connectivity index (χ4v) is 10.0. The van der Waals surface area contributed by atoms with E-state index in [0.29, 0.717) is 17.0 Å². The van der Waals surface area contributed by atoms with E-state index >= 15 is 4.39 Å². The van der Waals surface area contributed by atoms with Gasteiger partial charge in [-0.3, -0.25) is 9.55 Å². The Morgan fingerprint density at radius 2 is 1.13 bits per heavy atom. The van der Waals surface area contributed by atoms with E-state index < -0.39 is 5.82 Å². The van der Waals surface area contributed by atoms with E-state index in [1.165, 1.54) is 11.6 Å². The van der Waals surface area contributed by atoms with Crippen LogP contribution in [0.1, 0.15) is 132 Å². The zero-order valence-electron chi connectivity index (χ0n) is 46.8. The number of hydrogen-bond acceptors (Lipinski definition) is 3. The van der Waals surface area contributed by atoms with Crippen LogP contribution in [0.25, 0.3) is 88.7 Å². The molecule has 2 aromatic heterocycles. The van der Waals surface area contributed by atoms with Crippen molar-refractivity contribution in [2.45, 2.75) is 131 Å². The standard InChI is InChI=1S/C69H70FN4O.Pt/c1-65(2,3)47-26-30-60(54(38-47)42-21-18-17-19-22-42)74-61-24-20-23-53(62(61)73-64(74)55-39-49(67(7,8)9)40-57(63(55)75)69(13,14)15)45-33-46(35-48(34-45)66(4,5)6)59-37-44(31-32-72-59)51-28-25-43(36-56(51)68(10,11)12)52-29-27-50(71-16)41-58(52)70;/h17-32,34-41,75H,1-15H3;/q-1;. The van der Waals surface area contributed by atoms with Crippen LogP contribution in [0.3, 0.4) is 0 Å². The average Bonchev–Trinajstić information content (AvgIpc) is 3.74. The van der Waals surface area contributed by atoms with E-state index in [2.05, 4.69) is 229 Å². The Morgan fingerprint density at radius 1 is 0.513 bits per heavy atom. The maximum Gasteiger partial charge on any atom is 0.190 e. The molecule has 0 saturated heterocycles. The first-order valence-corrected chi connectivity index (χ1v) is 26.1. The summed E-state index contributed by atoms with van der Waals surface area (Å²) < 4.78 is 17.7. The first-order valence-electron chi connectivity index (χ1n) is 26.1. The molecule has 0 unspecified atom stereocenters. The van der Waals surface area contributed by atoms with Gasteiger partial charge in [0.15, 0.2) is 5.69 Å². The number of rotatable bonds is 7. The maximum atomic E-state index is 15.4. The van der Waals surface area contributed by atoms with Gasteiger partial charge in [0.1, 0.15) is 17.4 Å². The summed E-state index contributed by atoms with van der Waals surface area (Å²) in [6, 6.07) is 51.3. The molecule has 0 amide bonds. The molecule has 0 bridgehead atoms. The number of phenols is 1. The molecule has 7 heteroatoms. The molecular formula is C69H70FN4OPt-. The molecule has 76 heavy (non-hydrogen) atoms. The number of aromatic hydroxyl groups is 1. The van der Waals surface area contributed by atoms with E-state index in [9.17, 15) is 5.11 Å². The number of aromatic nitrogens is 3. The van der Waals surface area contributed by atoms with Crippen LogP contribution in [0, 0.1) is 18.5 Å². The molecule has 0 spiro atoms. The van der Waals surface area contributed by atoms with Crippen LogP contribution in [0.2, 0.25) is 0 Å². The smallest absolute Gasteiger partial charge is 0.190 e. The van der Waals surface area contributed by atoms with Gasteiger partial charge >= 0.3 is 0 Å². The van der Waals surface area contributed by atoms with Gasteiger partial charge in [-0.05, 0) is 108 Å². The summed E-state index contributed by atoms with van der Waals surface area (Å²) in [4.78, 5) is 14.1. The van der Waals surface area contributed by atoms with Gasteiger partial charge in [0.2, 0.25) is 0 Å². The number of phenolic OH excluding ortho intramolecular Hbond substituents is 1. The number of halogens is 1. The zero-order chi connectivity index (χ0) is 54.2. The summed E-state index contributed by atoms with van der Waals surface area (Å²) in [7, 11) is 0. The van der Waals surface area contributed by atoms with Crippen molar-refractivity contribution in [1.29, 1.82) is 0 Å². The summed E-state index contributed by atoms with van der Waals surface area (Å²) in [5, 5.41) is 12.6. The number of benzene rings is 7. The number of imidazole rings is 1. The molecule has 1 N–H and O–H groups in total. The summed E-state index contributed by atoms with van der Waals surface area (Å²) in [5.74, 6) is 0.459. The predicted octanol–water partition coefficient (Wildman–Crippen LogP) is 19.1. The molecule has 9 aromatic rings. The van der Waals surface area contributed by atoms with Crippen LogP contribution < -0.4 is 0 Å². The molecule has 0 aliphatic rings. The van der Waals surface area contributed by atoms with Crippen LogP contribution >= 0.6 is 0 Å². The maximum absolute atomic E-state index is 15.4. The number of pyridine rings is 1. The van der Waals surface area contributed by atoms with Crippen molar-refractivity contribution >= 4 is 16.7 Å². The number of fused-ring (bicyclic) bond motifs is 1. The molecule has 0 radical (unpaired) electrons. The van der Waals surface area contributed by atoms with Crippen molar-refractivity contribution in [2.75, 3.05) is 0 Å². The Kier molecular flexibility index (Phi) is 14.7. The Morgan fingerprint density at radius 3 is 1.76 bits per heavy atom. The van der Waals surface area contributed by atoms with Crippen molar-refractivity contribution in [2.24, 2.45) is 0 Å². The Balaban J connectivity index is 0.00000765. The minimum atomic E-state index is -0.416. The number of nitrogens with zero attached hydrogens (tertiary/aromatic N) is 4. The van der Waals surface area contributed by atoms with Gasteiger partial charge in [-0.2, -0.15) is 0 Å². The molecule has 5 nitrogen and oxygen atoms in total. The average molecular weight is 1190 g/mol. The van der Waals surface area contributed by atoms with Gasteiger partial charge in [0.05, 0.1) is 28.9 Å². The molecule has 7 aromatic carbocycles. The third-order valence-electron chi connectivity index (χ3n) is 14.5. The van der Waals surface area contributed by atoms with Crippen LogP contribution in [0.4, 0.5) is 10.1 Å². The van der Waals surface area contributed by atoms with Crippen molar-refractivity contribution in [3.05, 3.63) is 197 Å². The van der Waals surface area contributed by atoms with Crippen molar-refractivity contribution in [3.8, 4) is 78.6 Å². The summed E-state index contributed by atoms with van der Waals surface area (Å²) in [6.07, 6.45) is 1.86. The second-order valence-electron chi connectivity index (χ2n) is 25.4. The van der Waals surface area contributed by atoms with Gasteiger partial charge in [-0.1, -0.05) is 200 Å². The molecule has 390 valence electrons. The Bertz CT molecular complexity index is 3710. The molecule has 2 heterocycles. The molecule has 9 rings (SSSR count). The minimum Gasteiger partial charge on any atom is -0.507 e. The Hall–Kier alpha value is -6.93. The quantitative estimate of drug-likeness (QED) is 0.162. The number of hydrogen-bond donors (Lipinski definition) is 1. The van der Waals surface area contributed by atoms with Crippen molar-refractivity contribution in [3.63, 3.8) is 0 Å². The Labute approximate surface area is 465 Å². The van der Waals surface area contributed by atoms with Gasteiger partial charge < -0.3 is 5.11 Å². The van der Waals surface area contributed by atoms with Gasteiger partial charge in [0.25, 0.3) is 0 Å². The van der Waals surface area contributed by atoms with Gasteiger partial charge in [-0.15, -0.1) is 29.3 Å². The predicted molar refractivity (Wildman–Crippen MR) is 312 cm³/mol. The molecular weight excluding hydrogens is 1110 g/mol. The van der Waals surface area contributed by atoms with Crippen molar-refractivity contribution in [1.82, 2.24) is 14.5 Å². The van der Waals surface area contributed by atoms with Crippen LogP contribution in [0.15, 0.2) is 146 Å². The first kappa shape index (κ1) is 55.3. The number of para-hydroxylation sites is 1. The first-order chi connectivity index (χ1) is 35.1. The van der Waals surface area contributed by atoms with E-state index in [0.717, 1.165) is 89.2 Å². The molecule has 0 saturated carbocycles. The van der Waals surface area contributed by atoms with Crippen molar-refractivity contribution < 1.29 is 30.6 Å². The largest absolute Gasteiger partial charge is 0.507 e. The fraction of sp³-hybridized carbons (Fsp3) is 0.290.